The highest BCUT2D eigenvalue weighted by atomic mass is 32.2. The molecule has 1 unspecified atom stereocenters. The molecule has 0 aromatic heterocycles. The summed E-state index contributed by atoms with van der Waals surface area (Å²) < 4.78 is 0. The van der Waals surface area contributed by atoms with E-state index in [1.54, 1.807) is 18.7 Å². The van der Waals surface area contributed by atoms with Gasteiger partial charge in [-0.25, -0.2) is 4.79 Å². The lowest BCUT2D eigenvalue weighted by molar-refractivity contribution is -0.149. The Labute approximate surface area is 117 Å². The molecule has 0 aromatic rings. The van der Waals surface area contributed by atoms with Crippen molar-refractivity contribution < 1.29 is 14.7 Å². The van der Waals surface area contributed by atoms with Crippen molar-refractivity contribution in [2.45, 2.75) is 44.5 Å². The number of hydrogen-bond donors (Lipinski definition) is 2. The Morgan fingerprint density at radius 3 is 2.89 bits per heavy atom. The van der Waals surface area contributed by atoms with E-state index in [1.807, 2.05) is 0 Å². The van der Waals surface area contributed by atoms with Crippen LogP contribution in [-0.4, -0.2) is 45.6 Å². The summed E-state index contributed by atoms with van der Waals surface area (Å²) in [5, 5.41) is 12.4. The number of nitrogens with one attached hydrogen (secondary N) is 1. The molecule has 0 aromatic carbocycles. The van der Waals surface area contributed by atoms with Crippen LogP contribution in [0.15, 0.2) is 11.3 Å². The molecule has 0 radical (unpaired) electrons. The molecule has 2 atom stereocenters. The third kappa shape index (κ3) is 2.65. The van der Waals surface area contributed by atoms with Crippen molar-refractivity contribution in [3.05, 3.63) is 11.3 Å². The van der Waals surface area contributed by atoms with Crippen LogP contribution in [0.5, 0.6) is 0 Å². The van der Waals surface area contributed by atoms with Crippen molar-refractivity contribution in [3.8, 4) is 0 Å². The van der Waals surface area contributed by atoms with E-state index in [2.05, 4.69) is 12.2 Å². The number of aliphatic carboxylic acids is 1. The van der Waals surface area contributed by atoms with Crippen LogP contribution in [0.4, 0.5) is 0 Å². The Morgan fingerprint density at radius 1 is 1.53 bits per heavy atom. The zero-order valence-corrected chi connectivity index (χ0v) is 12.1. The summed E-state index contributed by atoms with van der Waals surface area (Å²) in [4.78, 5) is 24.7. The van der Waals surface area contributed by atoms with Gasteiger partial charge in [-0.15, -0.1) is 11.8 Å². The third-order valence-electron chi connectivity index (χ3n) is 3.51. The Kier molecular flexibility index (Phi) is 4.52. The van der Waals surface area contributed by atoms with Gasteiger partial charge in [0, 0.05) is 5.75 Å². The minimum atomic E-state index is -0.999. The maximum Gasteiger partial charge on any atom is 0.352 e. The lowest BCUT2D eigenvalue weighted by atomic mass is 10.0. The Morgan fingerprint density at radius 2 is 2.26 bits per heavy atom. The molecular formula is C13H20N2O3S. The summed E-state index contributed by atoms with van der Waals surface area (Å²) in [6.07, 6.45) is 3.35. The molecule has 106 valence electrons. The fourth-order valence-corrected chi connectivity index (χ4v) is 3.78. The standard InChI is InChI=1S/C13H20N2O3S/c1-3-4-5-6-14-9-11(16)15-10(13(17)18)8(2)7-19-12(9)15/h9,12,14H,3-7H2,1-2H3,(H,17,18)/t9?,12-/m1/s1. The van der Waals surface area contributed by atoms with Crippen LogP contribution < -0.4 is 5.32 Å². The summed E-state index contributed by atoms with van der Waals surface area (Å²) in [6.45, 7) is 4.74. The second-order valence-corrected chi connectivity index (χ2v) is 6.09. The van der Waals surface area contributed by atoms with Crippen LogP contribution in [0.25, 0.3) is 0 Å². The van der Waals surface area contributed by atoms with Crippen molar-refractivity contribution in [2.24, 2.45) is 0 Å². The van der Waals surface area contributed by atoms with Crippen LogP contribution >= 0.6 is 11.8 Å². The highest BCUT2D eigenvalue weighted by Gasteiger charge is 2.52. The van der Waals surface area contributed by atoms with Gasteiger partial charge in [0.1, 0.15) is 17.1 Å². The summed E-state index contributed by atoms with van der Waals surface area (Å²) in [5.74, 6) is -0.422. The molecule has 0 saturated carbocycles. The first-order valence-corrected chi connectivity index (χ1v) is 7.74. The molecule has 6 heteroatoms. The first-order chi connectivity index (χ1) is 9.07. The van der Waals surface area contributed by atoms with E-state index in [-0.39, 0.29) is 23.0 Å². The van der Waals surface area contributed by atoms with E-state index >= 15 is 0 Å². The molecule has 2 aliphatic rings. The fraction of sp³-hybridized carbons (Fsp3) is 0.692. The van der Waals surface area contributed by atoms with Crippen LogP contribution in [0.2, 0.25) is 0 Å². The molecule has 1 saturated heterocycles. The first kappa shape index (κ1) is 14.4. The Hall–Kier alpha value is -1.01. The summed E-state index contributed by atoms with van der Waals surface area (Å²) in [5.41, 5.74) is 0.951. The van der Waals surface area contributed by atoms with E-state index in [9.17, 15) is 14.7 Å². The van der Waals surface area contributed by atoms with E-state index < -0.39 is 5.97 Å². The van der Waals surface area contributed by atoms with E-state index in [1.165, 1.54) is 4.90 Å². The lowest BCUT2D eigenvalue weighted by Gasteiger charge is -2.49. The van der Waals surface area contributed by atoms with Crippen molar-refractivity contribution in [2.75, 3.05) is 12.3 Å². The number of nitrogens with zero attached hydrogens (tertiary/aromatic N) is 1. The van der Waals surface area contributed by atoms with Crippen molar-refractivity contribution in [1.29, 1.82) is 0 Å². The predicted molar refractivity (Wildman–Crippen MR) is 74.7 cm³/mol. The number of carboxylic acid groups (broad SMARTS) is 1. The molecule has 0 spiro atoms. The van der Waals surface area contributed by atoms with Gasteiger partial charge in [0.05, 0.1) is 0 Å². The number of unbranched alkanes of at least 4 members (excludes halogenated alkanes) is 2. The summed E-state index contributed by atoms with van der Waals surface area (Å²) in [6, 6.07) is -0.218. The lowest BCUT2D eigenvalue weighted by Crippen LogP contribution is -2.69. The van der Waals surface area contributed by atoms with Gasteiger partial charge in [-0.2, -0.15) is 0 Å². The normalized spacial score (nSPS) is 26.2. The minimum absolute atomic E-state index is 0.0519. The number of carboxylic acids is 1. The predicted octanol–water partition coefficient (Wildman–Crippen LogP) is 1.41. The topological polar surface area (TPSA) is 69.6 Å². The largest absolute Gasteiger partial charge is 0.477 e. The number of β-lactam (4-membered cyclic amide) rings is 1. The number of carbonyl (C=O) groups excluding carboxylic acids is 1. The van der Waals surface area contributed by atoms with Crippen molar-refractivity contribution >= 4 is 23.6 Å². The van der Waals surface area contributed by atoms with Gasteiger partial charge in [-0.05, 0) is 25.5 Å². The highest BCUT2D eigenvalue weighted by Crippen LogP contribution is 2.39. The quantitative estimate of drug-likeness (QED) is 0.570. The molecule has 1 amide bonds. The van der Waals surface area contributed by atoms with Gasteiger partial charge in [0.2, 0.25) is 5.91 Å². The monoisotopic (exact) mass is 284 g/mol. The number of fused-ring (bicyclic) bond motifs is 1. The number of carbonyl (C=O) groups is 2. The minimum Gasteiger partial charge on any atom is -0.477 e. The zero-order valence-electron chi connectivity index (χ0n) is 11.3. The number of hydrogen-bond acceptors (Lipinski definition) is 4. The zero-order chi connectivity index (χ0) is 14.0. The molecule has 5 nitrogen and oxygen atoms in total. The van der Waals surface area contributed by atoms with E-state index in [0.29, 0.717) is 5.75 Å². The average molecular weight is 284 g/mol. The SMILES string of the molecule is CCCCCNC1C(=O)N2C(C(=O)O)=C(C)CS[C@H]12. The first-order valence-electron chi connectivity index (χ1n) is 6.69. The molecule has 19 heavy (non-hydrogen) atoms. The molecule has 0 bridgehead atoms. The van der Waals surface area contributed by atoms with Gasteiger partial charge >= 0.3 is 5.97 Å². The van der Waals surface area contributed by atoms with E-state index in [4.69, 9.17) is 0 Å². The maximum absolute atomic E-state index is 12.1. The number of amides is 1. The molecule has 2 rings (SSSR count). The molecule has 2 aliphatic heterocycles. The van der Waals surface area contributed by atoms with Crippen LogP contribution in [0, 0.1) is 0 Å². The average Bonchev–Trinajstić information content (AvgIpc) is 2.38. The van der Waals surface area contributed by atoms with Crippen LogP contribution in [-0.2, 0) is 9.59 Å². The second kappa shape index (κ2) is 5.96. The molecule has 1 fully saturated rings. The van der Waals surface area contributed by atoms with Crippen LogP contribution in [0.1, 0.15) is 33.1 Å². The fourth-order valence-electron chi connectivity index (χ4n) is 2.46. The molecule has 0 aliphatic carbocycles. The maximum atomic E-state index is 12.1. The molecule has 2 N–H and O–H groups in total. The molecular weight excluding hydrogens is 264 g/mol. The smallest absolute Gasteiger partial charge is 0.352 e. The second-order valence-electron chi connectivity index (χ2n) is 4.98. The number of rotatable bonds is 6. The van der Waals surface area contributed by atoms with Gasteiger partial charge in [0.15, 0.2) is 0 Å². The molecule has 2 heterocycles. The van der Waals surface area contributed by atoms with Crippen molar-refractivity contribution in [1.82, 2.24) is 10.2 Å². The van der Waals surface area contributed by atoms with Gasteiger partial charge in [-0.3, -0.25) is 9.69 Å². The Balaban J connectivity index is 1.97. The number of thioether (sulfide) groups is 1. The van der Waals surface area contributed by atoms with Crippen LogP contribution in [0.3, 0.4) is 0 Å². The van der Waals surface area contributed by atoms with Gasteiger partial charge < -0.3 is 10.4 Å². The summed E-state index contributed by atoms with van der Waals surface area (Å²) >= 11 is 1.64. The summed E-state index contributed by atoms with van der Waals surface area (Å²) in [7, 11) is 0. The van der Waals surface area contributed by atoms with Gasteiger partial charge in [0.25, 0.3) is 0 Å². The van der Waals surface area contributed by atoms with Crippen molar-refractivity contribution in [3.63, 3.8) is 0 Å². The van der Waals surface area contributed by atoms with Gasteiger partial charge in [-0.1, -0.05) is 19.8 Å². The third-order valence-corrected chi connectivity index (χ3v) is 4.93. The van der Waals surface area contributed by atoms with E-state index in [0.717, 1.165) is 31.4 Å². The Bertz CT molecular complexity index is 422. The highest BCUT2D eigenvalue weighted by molar-refractivity contribution is 8.00.